The number of aromatic nitrogens is 3. The zero-order valence-corrected chi connectivity index (χ0v) is 78.9. The Morgan fingerprint density at radius 1 is 0.328 bits per heavy atom. The Morgan fingerprint density at radius 3 is 0.940 bits per heavy atom. The van der Waals surface area contributed by atoms with Crippen LogP contribution < -0.4 is 67.1 Å². The number of nitrogens with zero attached hydrogens (tertiary/aromatic N) is 5. The lowest BCUT2D eigenvalue weighted by Gasteiger charge is -2.15. The molecule has 134 heavy (non-hydrogen) atoms. The van der Waals surface area contributed by atoms with Gasteiger partial charge in [0.1, 0.15) is 0 Å². The number of benzene rings is 12. The van der Waals surface area contributed by atoms with Gasteiger partial charge in [-0.25, -0.2) is 0 Å². The molecule has 0 spiro atoms. The number of guanidine groups is 2. The van der Waals surface area contributed by atoms with Gasteiger partial charge in [0.15, 0.2) is 11.9 Å². The highest BCUT2D eigenvalue weighted by Gasteiger charge is 2.19. The number of aliphatic imine (C=N–C) groups is 2. The molecule has 8 heterocycles. The first-order valence-corrected chi connectivity index (χ1v) is 49.6. The summed E-state index contributed by atoms with van der Waals surface area (Å²) in [6.07, 6.45) is 22.4. The van der Waals surface area contributed by atoms with E-state index in [-0.39, 0.29) is 11.9 Å². The van der Waals surface area contributed by atoms with Gasteiger partial charge >= 0.3 is 0 Å². The Kier molecular flexibility index (Phi) is 31.4. The van der Waals surface area contributed by atoms with Gasteiger partial charge in [0.25, 0.3) is 0 Å². The molecule has 18 aromatic rings. The Hall–Kier alpha value is -12.9. The first-order valence-electron chi connectivity index (χ1n) is 47.1. The van der Waals surface area contributed by atoms with Crippen LogP contribution in [0.25, 0.3) is 160 Å². The van der Waals surface area contributed by atoms with Gasteiger partial charge < -0.3 is 71.7 Å². The molecule has 0 saturated heterocycles. The van der Waals surface area contributed by atoms with Crippen molar-refractivity contribution in [2.75, 3.05) is 78.5 Å². The third-order valence-corrected chi connectivity index (χ3v) is 28.7. The van der Waals surface area contributed by atoms with Crippen molar-refractivity contribution in [3.8, 4) is 66.8 Å². The van der Waals surface area contributed by atoms with Gasteiger partial charge in [0.05, 0.1) is 0 Å². The summed E-state index contributed by atoms with van der Waals surface area (Å²) in [5.41, 5.74) is 74.9. The van der Waals surface area contributed by atoms with Gasteiger partial charge in [-0.3, -0.25) is 20.0 Å². The molecular formula is C114H121N17S3. The van der Waals surface area contributed by atoms with Crippen LogP contribution in [0.1, 0.15) is 90.0 Å². The molecule has 6 aromatic heterocycles. The maximum atomic E-state index is 5.73. The molecule has 20 rings (SSSR count). The zero-order chi connectivity index (χ0) is 92.1. The number of aryl methyl sites for hydroxylation is 5. The average Bonchev–Trinajstić information content (AvgIpc) is 1.61. The Morgan fingerprint density at radius 2 is 0.627 bits per heavy atom. The minimum absolute atomic E-state index is 0.149. The van der Waals surface area contributed by atoms with E-state index in [1.807, 2.05) is 58.8 Å². The van der Waals surface area contributed by atoms with Crippen LogP contribution in [-0.2, 0) is 45.3 Å². The van der Waals surface area contributed by atoms with E-state index in [1.54, 1.807) is 0 Å². The monoisotopic (exact) mass is 1820 g/mol. The Balaban J connectivity index is 0.000000126. The van der Waals surface area contributed by atoms with Gasteiger partial charge in [-0.2, -0.15) is 0 Å². The van der Waals surface area contributed by atoms with E-state index >= 15 is 0 Å². The van der Waals surface area contributed by atoms with E-state index in [2.05, 4.69) is 320 Å². The van der Waals surface area contributed by atoms with Crippen LogP contribution in [-0.4, -0.2) is 105 Å². The number of fused-ring (bicyclic) bond motifs is 12. The largest absolute Gasteiger partial charge is 0.370 e. The predicted molar refractivity (Wildman–Crippen MR) is 577 cm³/mol. The van der Waals surface area contributed by atoms with Crippen molar-refractivity contribution < 1.29 is 0 Å². The molecule has 0 radical (unpaired) electrons. The third kappa shape index (κ3) is 22.9. The highest BCUT2D eigenvalue weighted by Crippen LogP contribution is 2.44. The summed E-state index contributed by atoms with van der Waals surface area (Å²) in [6, 6.07) is 94.5. The lowest BCUT2D eigenvalue weighted by molar-refractivity contribution is 0.693. The number of nitrogens with two attached hydrogens (primary N) is 8. The molecule has 2 aliphatic heterocycles. The molecule has 2 aliphatic rings. The summed E-state index contributed by atoms with van der Waals surface area (Å²) in [4.78, 5) is 17.1. The van der Waals surface area contributed by atoms with Crippen LogP contribution in [0, 0.1) is 0 Å². The molecule has 0 saturated carbocycles. The topological polar surface area (TPSA) is 312 Å². The third-order valence-electron chi connectivity index (χ3n) is 25.2. The summed E-state index contributed by atoms with van der Waals surface area (Å²) in [5.74, 6) is 0.297. The molecule has 680 valence electrons. The van der Waals surface area contributed by atoms with E-state index in [4.69, 9.17) is 45.9 Å². The second-order valence-electron chi connectivity index (χ2n) is 34.6. The van der Waals surface area contributed by atoms with E-state index in [9.17, 15) is 0 Å². The van der Waals surface area contributed by atoms with Gasteiger partial charge in [0, 0.05) is 190 Å². The first kappa shape index (κ1) is 92.9. The van der Waals surface area contributed by atoms with Crippen molar-refractivity contribution in [1.82, 2.24) is 35.8 Å². The quantitative estimate of drug-likeness (QED) is 0.0109. The van der Waals surface area contributed by atoms with E-state index in [0.29, 0.717) is 26.2 Å². The maximum absolute atomic E-state index is 5.73. The Labute approximate surface area is 797 Å². The number of hydrogen-bond acceptors (Lipinski definition) is 15. The fourth-order valence-electron chi connectivity index (χ4n) is 18.4. The summed E-state index contributed by atoms with van der Waals surface area (Å²) < 4.78 is 10.4. The lowest BCUT2D eigenvalue weighted by atomic mass is 9.96. The molecule has 17 nitrogen and oxygen atoms in total. The second kappa shape index (κ2) is 45.2. The van der Waals surface area contributed by atoms with Gasteiger partial charge in [-0.15, -0.1) is 34.0 Å². The Bertz CT molecular complexity index is 6860. The fourth-order valence-corrected chi connectivity index (χ4v) is 21.6. The summed E-state index contributed by atoms with van der Waals surface area (Å²) >= 11 is 5.58. The van der Waals surface area contributed by atoms with E-state index in [0.717, 1.165) is 158 Å². The van der Waals surface area contributed by atoms with E-state index in [1.165, 1.54) is 182 Å². The minimum atomic E-state index is 0.149. The molecular weight excluding hydrogens is 1700 g/mol. The van der Waals surface area contributed by atoms with Crippen molar-refractivity contribution in [2.45, 2.75) is 90.8 Å². The number of thiophene rings is 3. The highest BCUT2D eigenvalue weighted by molar-refractivity contribution is 7.26. The summed E-state index contributed by atoms with van der Waals surface area (Å²) in [7, 11) is 0. The second-order valence-corrected chi connectivity index (χ2v) is 37.9. The number of hydrogen-bond donors (Lipinski definition) is 12. The average molecular weight is 1830 g/mol. The summed E-state index contributed by atoms with van der Waals surface area (Å²) in [5, 5.41) is 24.1. The van der Waals surface area contributed by atoms with Crippen molar-refractivity contribution in [1.29, 1.82) is 0 Å². The minimum Gasteiger partial charge on any atom is -0.370 e. The van der Waals surface area contributed by atoms with Crippen LogP contribution in [0.5, 0.6) is 0 Å². The van der Waals surface area contributed by atoms with Crippen LogP contribution >= 0.6 is 34.0 Å². The van der Waals surface area contributed by atoms with Crippen molar-refractivity contribution >= 4 is 139 Å². The lowest BCUT2D eigenvalue weighted by Crippen LogP contribution is -2.23. The molecule has 20 N–H and O–H groups in total. The number of rotatable bonds is 31. The van der Waals surface area contributed by atoms with Gasteiger partial charge in [-0.1, -0.05) is 158 Å². The van der Waals surface area contributed by atoms with Gasteiger partial charge in [0.2, 0.25) is 0 Å². The molecule has 0 aliphatic carbocycles. The van der Waals surface area contributed by atoms with Crippen molar-refractivity contribution in [3.63, 3.8) is 0 Å². The van der Waals surface area contributed by atoms with Crippen LogP contribution in [0.4, 0.5) is 0 Å². The number of nitrogens with one attached hydrogen (secondary N) is 4. The molecule has 0 atom stereocenters. The molecule has 12 aromatic carbocycles. The highest BCUT2D eigenvalue weighted by atomic mass is 32.1. The molecule has 0 unspecified atom stereocenters. The van der Waals surface area contributed by atoms with E-state index < -0.39 is 0 Å². The standard InChI is InChI=1S/C32H34N6S.C32H35N3.C28H30N6S.C22H22N2S/c33-31(34)37-15-3-7-21-5-1-9-23(17-21)25-11-13-29-27(19-25)28-20-26(12-14-30(28)39-29)24-10-2-6-22(18-24)8-4-16-38-32(35)36;1-2-35-31-15-13-27(25-11-3-7-23(19-25)9-5-17-33)21-29(31)30-22-28(14-16-32(30)35)26-12-4-8-24(20-26)10-6-18-34;29-5-7-31-13-19-9-23(17-33-15-19)21-1-3-27-25(11-21)26-12-22(2-4-28(26)35-27)24-10-20(16-34-18-24)14-32-8-6-30;1-3-21-19(13-17(1)15-5-9-23-10-6-15)20-14-18(2-4-22(20)25-21)16-7-11-24-12-8-16/h1-2,5-6,9-14,17-20H,3-4,7-8,15-16H2,(H4,33,34,37)(H4,35,36,38);3-4,7-8,11-16,19-22H,2,5-6,9-10,17-18,33-34H2,1H3;1-4,9-12,15-18,31-32H,5-8,13-14,29-30H2;1-5,7,13-14,23-24H,6,8-12H2. The zero-order valence-electron chi connectivity index (χ0n) is 76.5. The smallest absolute Gasteiger partial charge is 0.185 e. The molecule has 0 bridgehead atoms. The molecule has 0 fully saturated rings. The predicted octanol–water partition coefficient (Wildman–Crippen LogP) is 21.8. The van der Waals surface area contributed by atoms with Crippen LogP contribution in [0.3, 0.4) is 0 Å². The first-order chi connectivity index (χ1) is 65.8. The van der Waals surface area contributed by atoms with Crippen LogP contribution in [0.15, 0.2) is 302 Å². The fraction of sp³-hybridized carbons (Fsp3) is 0.228. The number of pyridine rings is 2. The summed E-state index contributed by atoms with van der Waals surface area (Å²) in [6.45, 7) is 14.4. The SMILES string of the molecule is C1=C(c2ccc3sc4ccc(C5=CCNCC5)cc4c3c2)CCNC1.CCn1c2ccc(-c3cccc(CCCN)c3)cc2c2cc(-c3cccc(CCCN)c3)ccc21.NC(N)=NCCCc1cccc(-c2ccc3sc4ccc(-c5cccc(CCCN=C(N)N)c5)cc4c3c2)c1.NCCNCc1cncc(-c2ccc3sc4ccc(-c5cncc(CNCCN)c5)cc4c3c2)c1. The van der Waals surface area contributed by atoms with Crippen molar-refractivity contribution in [2.24, 2.45) is 55.9 Å². The molecule has 20 heteroatoms. The normalized spacial score (nSPS) is 12.7. The molecule has 0 amide bonds. The maximum Gasteiger partial charge on any atom is 0.185 e. The van der Waals surface area contributed by atoms with Gasteiger partial charge in [-0.05, 0) is 318 Å². The van der Waals surface area contributed by atoms with Crippen LogP contribution in [0.2, 0.25) is 0 Å². The van der Waals surface area contributed by atoms with Crippen molar-refractivity contribution in [3.05, 3.63) is 336 Å².